The molecule has 3 heteroatoms. The van der Waals surface area contributed by atoms with Crippen LogP contribution >= 0.6 is 0 Å². The largest absolute Gasteiger partial charge is 0.386 e. The highest BCUT2D eigenvalue weighted by Crippen LogP contribution is 2.34. The second-order valence-corrected chi connectivity index (χ2v) is 5.56. The molecule has 0 aliphatic carbocycles. The first-order valence-electron chi connectivity index (χ1n) is 7.10. The Morgan fingerprint density at radius 1 is 1.17 bits per heavy atom. The molecule has 2 aliphatic heterocycles. The van der Waals surface area contributed by atoms with Crippen molar-refractivity contribution in [1.82, 2.24) is 5.32 Å². The van der Waals surface area contributed by atoms with Gasteiger partial charge in [0.15, 0.2) is 0 Å². The highest BCUT2D eigenvalue weighted by molar-refractivity contribution is 5.69. The fourth-order valence-corrected chi connectivity index (χ4v) is 3.43. The molecule has 0 atom stereocenters. The number of hydrogen-bond acceptors (Lipinski definition) is 3. The van der Waals surface area contributed by atoms with Gasteiger partial charge in [-0.3, -0.25) is 0 Å². The monoisotopic (exact) mass is 245 g/mol. The Morgan fingerprint density at radius 2 is 1.94 bits per heavy atom. The molecule has 2 saturated heterocycles. The van der Waals surface area contributed by atoms with Crippen molar-refractivity contribution in [3.63, 3.8) is 0 Å². The zero-order valence-electron chi connectivity index (χ0n) is 11.2. The van der Waals surface area contributed by atoms with Gasteiger partial charge in [0.05, 0.1) is 11.4 Å². The zero-order chi connectivity index (χ0) is 12.4. The van der Waals surface area contributed by atoms with E-state index in [9.17, 15) is 0 Å². The van der Waals surface area contributed by atoms with Crippen LogP contribution in [0.25, 0.3) is 0 Å². The highest BCUT2D eigenvalue weighted by atomic mass is 15.2. The van der Waals surface area contributed by atoms with Gasteiger partial charge in [0, 0.05) is 25.7 Å². The Balaban J connectivity index is 1.72. The summed E-state index contributed by atoms with van der Waals surface area (Å²) in [5.41, 5.74) is 3.06. The minimum Gasteiger partial charge on any atom is -0.386 e. The molecule has 18 heavy (non-hydrogen) atoms. The van der Waals surface area contributed by atoms with Gasteiger partial charge < -0.3 is 15.5 Å². The molecule has 0 amide bonds. The normalized spacial score (nSPS) is 22.4. The maximum atomic E-state index is 3.73. The van der Waals surface area contributed by atoms with E-state index < -0.39 is 0 Å². The molecule has 0 aromatic heterocycles. The molecule has 2 N–H and O–H groups in total. The third-order valence-electron chi connectivity index (χ3n) is 4.57. The number of para-hydroxylation sites is 2. The number of benzene rings is 1. The number of rotatable bonds is 2. The first-order valence-corrected chi connectivity index (χ1v) is 7.10. The Labute approximate surface area is 110 Å². The molecule has 1 spiro atoms. The maximum absolute atomic E-state index is 3.73. The Morgan fingerprint density at radius 3 is 2.61 bits per heavy atom. The average molecular weight is 245 g/mol. The van der Waals surface area contributed by atoms with E-state index in [1.807, 2.05) is 7.05 Å². The van der Waals surface area contributed by atoms with E-state index in [-0.39, 0.29) is 0 Å². The fourth-order valence-electron chi connectivity index (χ4n) is 3.43. The van der Waals surface area contributed by atoms with E-state index in [4.69, 9.17) is 0 Å². The van der Waals surface area contributed by atoms with Crippen molar-refractivity contribution in [1.29, 1.82) is 0 Å². The molecule has 3 rings (SSSR count). The Hall–Kier alpha value is -1.22. The Kier molecular flexibility index (Phi) is 3.16. The van der Waals surface area contributed by atoms with E-state index in [2.05, 4.69) is 39.8 Å². The molecule has 1 aromatic rings. The summed E-state index contributed by atoms with van der Waals surface area (Å²) in [6.45, 7) is 3.56. The first-order chi connectivity index (χ1) is 8.83. The number of anilines is 2. The summed E-state index contributed by atoms with van der Waals surface area (Å²) in [5, 5.41) is 7.03. The van der Waals surface area contributed by atoms with Crippen LogP contribution < -0.4 is 15.5 Å². The number of piperidine rings is 1. The van der Waals surface area contributed by atoms with Crippen molar-refractivity contribution in [3.05, 3.63) is 24.3 Å². The molecule has 3 nitrogen and oxygen atoms in total. The van der Waals surface area contributed by atoms with Crippen LogP contribution in [0, 0.1) is 0 Å². The number of hydrogen-bond donors (Lipinski definition) is 2. The highest BCUT2D eigenvalue weighted by Gasteiger charge is 2.36. The number of nitrogens with zero attached hydrogens (tertiary/aromatic N) is 1. The summed E-state index contributed by atoms with van der Waals surface area (Å²) in [6.07, 6.45) is 5.29. The molecular weight excluding hydrogens is 222 g/mol. The lowest BCUT2D eigenvalue weighted by atomic mass is 9.86. The molecule has 2 fully saturated rings. The first kappa shape index (κ1) is 11.8. The van der Waals surface area contributed by atoms with Crippen LogP contribution in [0.1, 0.15) is 25.7 Å². The van der Waals surface area contributed by atoms with Crippen LogP contribution in [-0.4, -0.2) is 32.2 Å². The van der Waals surface area contributed by atoms with E-state index in [1.54, 1.807) is 0 Å². The van der Waals surface area contributed by atoms with Crippen molar-refractivity contribution in [3.8, 4) is 0 Å². The van der Waals surface area contributed by atoms with Gasteiger partial charge in [0.25, 0.3) is 0 Å². The SMILES string of the molecule is CNc1ccccc1N1CCC2(CCCN2)CC1. The van der Waals surface area contributed by atoms with Gasteiger partial charge in [0.2, 0.25) is 0 Å². The molecule has 0 radical (unpaired) electrons. The summed E-state index contributed by atoms with van der Waals surface area (Å²) in [6, 6.07) is 8.62. The van der Waals surface area contributed by atoms with Gasteiger partial charge in [-0.25, -0.2) is 0 Å². The molecule has 1 aromatic carbocycles. The average Bonchev–Trinajstić information content (AvgIpc) is 2.88. The van der Waals surface area contributed by atoms with Gasteiger partial charge in [-0.05, 0) is 44.4 Å². The van der Waals surface area contributed by atoms with Crippen LogP contribution in [0.15, 0.2) is 24.3 Å². The fraction of sp³-hybridized carbons (Fsp3) is 0.600. The lowest BCUT2D eigenvalue weighted by molar-refractivity contribution is 0.297. The van der Waals surface area contributed by atoms with Gasteiger partial charge in [-0.15, -0.1) is 0 Å². The summed E-state index contributed by atoms with van der Waals surface area (Å²) in [7, 11) is 2.00. The molecule has 2 heterocycles. The molecule has 0 saturated carbocycles. The van der Waals surface area contributed by atoms with Gasteiger partial charge in [-0.1, -0.05) is 12.1 Å². The van der Waals surface area contributed by atoms with Crippen molar-refractivity contribution in [2.75, 3.05) is 36.9 Å². The standard InChI is InChI=1S/C15H23N3/c1-16-13-5-2-3-6-14(13)18-11-8-15(9-12-18)7-4-10-17-15/h2-3,5-6,16-17H,4,7-12H2,1H3. The predicted molar refractivity (Wildman–Crippen MR) is 77.4 cm³/mol. The molecule has 0 unspecified atom stereocenters. The summed E-state index contributed by atoms with van der Waals surface area (Å²) >= 11 is 0. The van der Waals surface area contributed by atoms with E-state index in [0.717, 1.165) is 0 Å². The quantitative estimate of drug-likeness (QED) is 0.838. The van der Waals surface area contributed by atoms with Crippen molar-refractivity contribution < 1.29 is 0 Å². The minimum absolute atomic E-state index is 0.463. The van der Waals surface area contributed by atoms with Gasteiger partial charge >= 0.3 is 0 Å². The zero-order valence-corrected chi connectivity index (χ0v) is 11.2. The van der Waals surface area contributed by atoms with E-state index in [1.165, 1.54) is 56.7 Å². The van der Waals surface area contributed by atoms with E-state index >= 15 is 0 Å². The van der Waals surface area contributed by atoms with Crippen LogP contribution in [-0.2, 0) is 0 Å². The van der Waals surface area contributed by atoms with E-state index in [0.29, 0.717) is 5.54 Å². The van der Waals surface area contributed by atoms with Crippen LogP contribution in [0.4, 0.5) is 11.4 Å². The summed E-state index contributed by atoms with van der Waals surface area (Å²) in [4.78, 5) is 2.52. The molecule has 0 bridgehead atoms. The second kappa shape index (κ2) is 4.81. The minimum atomic E-state index is 0.463. The van der Waals surface area contributed by atoms with Crippen LogP contribution in [0.3, 0.4) is 0 Å². The predicted octanol–water partition coefficient (Wildman–Crippen LogP) is 2.45. The number of nitrogens with one attached hydrogen (secondary N) is 2. The maximum Gasteiger partial charge on any atom is 0.0601 e. The van der Waals surface area contributed by atoms with Crippen LogP contribution in [0.2, 0.25) is 0 Å². The summed E-state index contributed by atoms with van der Waals surface area (Å²) < 4.78 is 0. The van der Waals surface area contributed by atoms with Crippen molar-refractivity contribution >= 4 is 11.4 Å². The third kappa shape index (κ3) is 2.07. The van der Waals surface area contributed by atoms with Gasteiger partial charge in [-0.2, -0.15) is 0 Å². The molecule has 98 valence electrons. The van der Waals surface area contributed by atoms with Crippen molar-refractivity contribution in [2.45, 2.75) is 31.2 Å². The third-order valence-corrected chi connectivity index (χ3v) is 4.57. The second-order valence-electron chi connectivity index (χ2n) is 5.56. The summed E-state index contributed by atoms with van der Waals surface area (Å²) in [5.74, 6) is 0. The van der Waals surface area contributed by atoms with Crippen molar-refractivity contribution in [2.24, 2.45) is 0 Å². The van der Waals surface area contributed by atoms with Gasteiger partial charge in [0.1, 0.15) is 0 Å². The lowest BCUT2D eigenvalue weighted by Crippen LogP contribution is -2.50. The Bertz CT molecular complexity index is 400. The smallest absolute Gasteiger partial charge is 0.0601 e. The topological polar surface area (TPSA) is 27.3 Å². The van der Waals surface area contributed by atoms with Crippen LogP contribution in [0.5, 0.6) is 0 Å². The molecular formula is C15H23N3. The lowest BCUT2D eigenvalue weighted by Gasteiger charge is -2.41. The molecule has 2 aliphatic rings.